The number of sulfonamides is 1. The van der Waals surface area contributed by atoms with Gasteiger partial charge < -0.3 is 9.30 Å². The average molecular weight is 349 g/mol. The van der Waals surface area contributed by atoms with Crippen LogP contribution in [0.1, 0.15) is 19.8 Å². The summed E-state index contributed by atoms with van der Waals surface area (Å²) in [6.45, 7) is 4.21. The van der Waals surface area contributed by atoms with Crippen LogP contribution in [0.5, 0.6) is 5.75 Å². The van der Waals surface area contributed by atoms with Crippen molar-refractivity contribution < 1.29 is 13.2 Å². The number of rotatable bonds is 6. The van der Waals surface area contributed by atoms with E-state index in [0.29, 0.717) is 26.2 Å². The van der Waals surface area contributed by atoms with Crippen LogP contribution in [0.15, 0.2) is 47.9 Å². The summed E-state index contributed by atoms with van der Waals surface area (Å²) in [5.41, 5.74) is 0. The smallest absolute Gasteiger partial charge is 0.262 e. The molecule has 1 aromatic heterocycles. The highest BCUT2D eigenvalue weighted by Gasteiger charge is 2.32. The van der Waals surface area contributed by atoms with Gasteiger partial charge in [-0.25, -0.2) is 13.4 Å². The van der Waals surface area contributed by atoms with Gasteiger partial charge in [-0.3, -0.25) is 0 Å². The van der Waals surface area contributed by atoms with E-state index in [2.05, 4.69) is 4.98 Å². The van der Waals surface area contributed by atoms with E-state index < -0.39 is 10.0 Å². The molecule has 0 saturated carbocycles. The lowest BCUT2D eigenvalue weighted by molar-refractivity contribution is 0.180. The minimum Gasteiger partial charge on any atom is -0.493 e. The molecular weight excluding hydrogens is 326 g/mol. The highest BCUT2D eigenvalue weighted by molar-refractivity contribution is 7.89. The van der Waals surface area contributed by atoms with Gasteiger partial charge in [0.05, 0.1) is 12.9 Å². The van der Waals surface area contributed by atoms with Crippen LogP contribution in [0.25, 0.3) is 0 Å². The highest BCUT2D eigenvalue weighted by Crippen LogP contribution is 2.23. The normalized spacial score (nSPS) is 19.3. The Morgan fingerprint density at radius 1 is 1.29 bits per heavy atom. The summed E-state index contributed by atoms with van der Waals surface area (Å²) >= 11 is 0. The Balaban J connectivity index is 1.64. The van der Waals surface area contributed by atoms with Crippen molar-refractivity contribution in [1.29, 1.82) is 0 Å². The molecule has 3 rings (SSSR count). The molecule has 0 bridgehead atoms. The third-order valence-electron chi connectivity index (χ3n) is 4.29. The summed E-state index contributed by atoms with van der Waals surface area (Å²) in [6, 6.07) is 9.62. The largest absolute Gasteiger partial charge is 0.493 e. The fourth-order valence-electron chi connectivity index (χ4n) is 2.89. The van der Waals surface area contributed by atoms with Gasteiger partial charge in [-0.2, -0.15) is 4.31 Å². The van der Waals surface area contributed by atoms with E-state index >= 15 is 0 Å². The Kier molecular flexibility index (Phi) is 5.20. The molecule has 1 fully saturated rings. The number of hydrogen-bond acceptors (Lipinski definition) is 4. The second-order valence-corrected chi connectivity index (χ2v) is 7.92. The number of hydrogen-bond donors (Lipinski definition) is 0. The molecule has 2 heterocycles. The molecule has 1 aliphatic rings. The number of piperidine rings is 1. The Morgan fingerprint density at radius 3 is 2.79 bits per heavy atom. The molecule has 7 heteroatoms. The van der Waals surface area contributed by atoms with E-state index in [0.717, 1.165) is 18.6 Å². The maximum atomic E-state index is 12.7. The van der Waals surface area contributed by atoms with Crippen LogP contribution >= 0.6 is 0 Å². The van der Waals surface area contributed by atoms with Crippen LogP contribution in [-0.2, 0) is 16.6 Å². The molecular formula is C17H23N3O3S. The van der Waals surface area contributed by atoms with Gasteiger partial charge in [-0.15, -0.1) is 0 Å². The minimum atomic E-state index is -3.52. The molecule has 0 N–H and O–H groups in total. The van der Waals surface area contributed by atoms with Gasteiger partial charge in [0.15, 0.2) is 5.03 Å². The number of ether oxygens (including phenoxy) is 1. The van der Waals surface area contributed by atoms with E-state index in [1.165, 1.54) is 4.31 Å². The van der Waals surface area contributed by atoms with Crippen molar-refractivity contribution >= 4 is 10.0 Å². The molecule has 1 atom stereocenters. The molecule has 1 saturated heterocycles. The molecule has 1 unspecified atom stereocenters. The van der Waals surface area contributed by atoms with Crippen molar-refractivity contribution in [3.63, 3.8) is 0 Å². The first-order valence-corrected chi connectivity index (χ1v) is 9.73. The fourth-order valence-corrected chi connectivity index (χ4v) is 4.38. The second kappa shape index (κ2) is 7.36. The van der Waals surface area contributed by atoms with Crippen LogP contribution < -0.4 is 4.74 Å². The lowest BCUT2D eigenvalue weighted by atomic mass is 10.0. The van der Waals surface area contributed by atoms with E-state index in [-0.39, 0.29) is 10.9 Å². The van der Waals surface area contributed by atoms with Crippen molar-refractivity contribution in [2.24, 2.45) is 5.92 Å². The fraction of sp³-hybridized carbons (Fsp3) is 0.471. The monoisotopic (exact) mass is 349 g/mol. The zero-order valence-corrected chi connectivity index (χ0v) is 14.7. The van der Waals surface area contributed by atoms with Crippen LogP contribution in [0, 0.1) is 5.92 Å². The van der Waals surface area contributed by atoms with Crippen LogP contribution in [0.2, 0.25) is 0 Å². The van der Waals surface area contributed by atoms with Crippen molar-refractivity contribution in [3.05, 3.63) is 42.9 Å². The molecule has 24 heavy (non-hydrogen) atoms. The quantitative estimate of drug-likeness (QED) is 0.803. The molecule has 6 nitrogen and oxygen atoms in total. The van der Waals surface area contributed by atoms with Crippen molar-refractivity contribution in [2.75, 3.05) is 19.7 Å². The summed E-state index contributed by atoms with van der Waals surface area (Å²) in [7, 11) is -3.52. The Labute approximate surface area is 143 Å². The van der Waals surface area contributed by atoms with Crippen LogP contribution in [0.3, 0.4) is 0 Å². The second-order valence-electron chi connectivity index (χ2n) is 6.04. The number of aryl methyl sites for hydroxylation is 1. The summed E-state index contributed by atoms with van der Waals surface area (Å²) < 4.78 is 34.6. The first kappa shape index (κ1) is 17.0. The summed E-state index contributed by atoms with van der Waals surface area (Å²) in [5.74, 6) is 1.01. The number of benzene rings is 1. The lowest BCUT2D eigenvalue weighted by Gasteiger charge is -2.31. The Morgan fingerprint density at radius 2 is 2.08 bits per heavy atom. The van der Waals surface area contributed by atoms with Gasteiger partial charge in [0.2, 0.25) is 0 Å². The average Bonchev–Trinajstić information content (AvgIpc) is 3.11. The van der Waals surface area contributed by atoms with Gasteiger partial charge in [-0.1, -0.05) is 18.2 Å². The SMILES string of the molecule is CCn1cnc(S(=O)(=O)N2CCCC(COc3ccccc3)C2)c1. The van der Waals surface area contributed by atoms with Gasteiger partial charge in [0, 0.05) is 31.7 Å². The van der Waals surface area contributed by atoms with Crippen LogP contribution in [-0.4, -0.2) is 42.0 Å². The van der Waals surface area contributed by atoms with E-state index in [9.17, 15) is 8.42 Å². The standard InChI is InChI=1S/C17H23N3O3S/c1-2-19-12-17(18-14-19)24(21,22)20-10-6-7-15(11-20)13-23-16-8-4-3-5-9-16/h3-5,8-9,12,14-15H,2,6-7,10-11,13H2,1H3. The predicted molar refractivity (Wildman–Crippen MR) is 91.3 cm³/mol. The van der Waals surface area contributed by atoms with Crippen molar-refractivity contribution in [3.8, 4) is 5.75 Å². The third-order valence-corrected chi connectivity index (χ3v) is 6.04. The maximum Gasteiger partial charge on any atom is 0.262 e. The molecule has 1 aliphatic heterocycles. The van der Waals surface area contributed by atoms with E-state index in [1.807, 2.05) is 37.3 Å². The zero-order chi connectivity index (χ0) is 17.0. The predicted octanol–water partition coefficient (Wildman–Crippen LogP) is 2.38. The highest BCUT2D eigenvalue weighted by atomic mass is 32.2. The van der Waals surface area contributed by atoms with Gasteiger partial charge in [-0.05, 0) is 31.9 Å². The molecule has 0 radical (unpaired) electrons. The zero-order valence-electron chi connectivity index (χ0n) is 13.8. The van der Waals surface area contributed by atoms with E-state index in [4.69, 9.17) is 4.74 Å². The van der Waals surface area contributed by atoms with Crippen molar-refractivity contribution in [2.45, 2.75) is 31.3 Å². The number of aromatic nitrogens is 2. The number of nitrogens with zero attached hydrogens (tertiary/aromatic N) is 3. The lowest BCUT2D eigenvalue weighted by Crippen LogP contribution is -2.41. The number of para-hydroxylation sites is 1. The van der Waals surface area contributed by atoms with Gasteiger partial charge in [0.1, 0.15) is 5.75 Å². The first-order valence-electron chi connectivity index (χ1n) is 8.29. The number of imidazole rings is 1. The Bertz CT molecular complexity index is 758. The first-order chi connectivity index (χ1) is 11.6. The summed E-state index contributed by atoms with van der Waals surface area (Å²) in [4.78, 5) is 4.05. The molecule has 130 valence electrons. The minimum absolute atomic E-state index is 0.133. The molecule has 0 amide bonds. The third kappa shape index (κ3) is 3.79. The summed E-state index contributed by atoms with van der Waals surface area (Å²) in [5, 5.41) is 0.133. The van der Waals surface area contributed by atoms with Crippen LogP contribution in [0.4, 0.5) is 0 Å². The molecule has 0 aliphatic carbocycles. The Hall–Kier alpha value is -1.86. The van der Waals surface area contributed by atoms with Gasteiger partial charge >= 0.3 is 0 Å². The molecule has 1 aromatic carbocycles. The molecule has 0 spiro atoms. The topological polar surface area (TPSA) is 64.4 Å². The van der Waals surface area contributed by atoms with E-state index in [1.54, 1.807) is 17.1 Å². The van der Waals surface area contributed by atoms with Gasteiger partial charge in [0.25, 0.3) is 10.0 Å². The maximum absolute atomic E-state index is 12.7. The summed E-state index contributed by atoms with van der Waals surface area (Å²) in [6.07, 6.45) is 4.98. The molecule has 2 aromatic rings. The van der Waals surface area contributed by atoms with Crippen molar-refractivity contribution in [1.82, 2.24) is 13.9 Å².